The van der Waals surface area contributed by atoms with Gasteiger partial charge in [0.15, 0.2) is 22.5 Å². The summed E-state index contributed by atoms with van der Waals surface area (Å²) in [5.74, 6) is 2.16. The van der Waals surface area contributed by atoms with Gasteiger partial charge in [-0.1, -0.05) is 17.8 Å². The molecule has 1 aliphatic heterocycles. The van der Waals surface area contributed by atoms with Gasteiger partial charge in [0.2, 0.25) is 0 Å². The highest BCUT2D eigenvalue weighted by Gasteiger charge is 2.15. The molecule has 0 bridgehead atoms. The van der Waals surface area contributed by atoms with Gasteiger partial charge in [-0.15, -0.1) is 0 Å². The smallest absolute Gasteiger partial charge is 0.189 e. The molecule has 0 radical (unpaired) electrons. The van der Waals surface area contributed by atoms with Gasteiger partial charge < -0.3 is 14.4 Å². The zero-order valence-electron chi connectivity index (χ0n) is 12.9. The van der Waals surface area contributed by atoms with Crippen LogP contribution in [0.25, 0.3) is 0 Å². The van der Waals surface area contributed by atoms with Crippen LogP contribution in [-0.4, -0.2) is 36.5 Å². The predicted octanol–water partition coefficient (Wildman–Crippen LogP) is 2.48. The molecule has 6 nitrogen and oxygen atoms in total. The number of fused-ring (bicyclic) bond motifs is 1. The summed E-state index contributed by atoms with van der Waals surface area (Å²) in [7, 11) is 1.91. The van der Waals surface area contributed by atoms with Gasteiger partial charge in [0, 0.05) is 13.6 Å². The molecule has 3 rings (SSSR count). The van der Waals surface area contributed by atoms with E-state index in [1.165, 1.54) is 11.8 Å². The van der Waals surface area contributed by atoms with E-state index in [1.54, 1.807) is 6.20 Å². The first-order valence-corrected chi connectivity index (χ1v) is 8.34. The van der Waals surface area contributed by atoms with Crippen molar-refractivity contribution in [1.82, 2.24) is 9.97 Å². The maximum absolute atomic E-state index is 9.26. The van der Waals surface area contributed by atoms with Crippen LogP contribution in [0.1, 0.15) is 11.1 Å². The molecule has 0 N–H and O–H groups in total. The van der Waals surface area contributed by atoms with Crippen molar-refractivity contribution in [3.8, 4) is 17.6 Å². The Kier molecular flexibility index (Phi) is 4.53. The molecule has 118 valence electrons. The lowest BCUT2D eigenvalue weighted by Gasteiger charge is -2.22. The quantitative estimate of drug-likeness (QED) is 0.630. The number of thioether (sulfide) groups is 1. The first-order valence-electron chi connectivity index (χ1n) is 7.12. The first-order chi connectivity index (χ1) is 11.2. The van der Waals surface area contributed by atoms with Gasteiger partial charge in [-0.3, -0.25) is 0 Å². The molecule has 0 unspecified atom stereocenters. The Balaban J connectivity index is 1.84. The van der Waals surface area contributed by atoms with Gasteiger partial charge in [-0.2, -0.15) is 5.26 Å². The van der Waals surface area contributed by atoms with E-state index in [0.717, 1.165) is 17.1 Å². The summed E-state index contributed by atoms with van der Waals surface area (Å²) >= 11 is 1.45. The molecule has 7 heteroatoms. The van der Waals surface area contributed by atoms with Crippen LogP contribution in [0.5, 0.6) is 11.5 Å². The minimum atomic E-state index is 0.461. The van der Waals surface area contributed by atoms with E-state index in [0.29, 0.717) is 36.3 Å². The van der Waals surface area contributed by atoms with Crippen molar-refractivity contribution in [1.29, 1.82) is 5.26 Å². The third-order valence-electron chi connectivity index (χ3n) is 3.44. The van der Waals surface area contributed by atoms with Gasteiger partial charge in [-0.25, -0.2) is 9.97 Å². The Morgan fingerprint density at radius 1 is 1.30 bits per heavy atom. The number of nitriles is 1. The summed E-state index contributed by atoms with van der Waals surface area (Å²) in [4.78, 5) is 10.5. The lowest BCUT2D eigenvalue weighted by molar-refractivity contribution is 0.171. The number of nitrogens with zero attached hydrogens (tertiary/aromatic N) is 4. The SMILES string of the molecule is CSc1ncc(C#N)c(N(C)Cc2ccc3c(c2)OCCO3)n1. The van der Waals surface area contributed by atoms with Crippen LogP contribution in [0, 0.1) is 11.3 Å². The minimum absolute atomic E-state index is 0.461. The molecule has 2 heterocycles. The molecule has 0 saturated carbocycles. The Morgan fingerprint density at radius 3 is 2.83 bits per heavy atom. The van der Waals surface area contributed by atoms with Crippen molar-refractivity contribution in [2.24, 2.45) is 0 Å². The van der Waals surface area contributed by atoms with Gasteiger partial charge >= 0.3 is 0 Å². The fourth-order valence-electron chi connectivity index (χ4n) is 2.36. The molecule has 1 aromatic heterocycles. The molecule has 2 aromatic rings. The maximum Gasteiger partial charge on any atom is 0.189 e. The number of aromatic nitrogens is 2. The highest BCUT2D eigenvalue weighted by molar-refractivity contribution is 7.98. The van der Waals surface area contributed by atoms with Gasteiger partial charge in [0.25, 0.3) is 0 Å². The van der Waals surface area contributed by atoms with E-state index in [2.05, 4.69) is 16.0 Å². The predicted molar refractivity (Wildman–Crippen MR) is 88.1 cm³/mol. The summed E-state index contributed by atoms with van der Waals surface area (Å²) in [6, 6.07) is 8.01. The summed E-state index contributed by atoms with van der Waals surface area (Å²) in [6.45, 7) is 1.75. The van der Waals surface area contributed by atoms with E-state index in [-0.39, 0.29) is 0 Å². The molecule has 0 amide bonds. The van der Waals surface area contributed by atoms with Gasteiger partial charge in [-0.05, 0) is 24.0 Å². The minimum Gasteiger partial charge on any atom is -0.486 e. The van der Waals surface area contributed by atoms with Crippen LogP contribution < -0.4 is 14.4 Å². The first kappa shape index (κ1) is 15.4. The highest BCUT2D eigenvalue weighted by Crippen LogP contribution is 2.31. The zero-order valence-corrected chi connectivity index (χ0v) is 13.8. The Morgan fingerprint density at radius 2 is 2.09 bits per heavy atom. The molecular formula is C16H16N4O2S. The van der Waals surface area contributed by atoms with Crippen molar-refractivity contribution in [2.45, 2.75) is 11.7 Å². The van der Waals surface area contributed by atoms with E-state index in [4.69, 9.17) is 9.47 Å². The molecule has 1 aliphatic rings. The Labute approximate surface area is 139 Å². The summed E-state index contributed by atoms with van der Waals surface area (Å²) in [6.07, 6.45) is 3.47. The van der Waals surface area contributed by atoms with E-state index >= 15 is 0 Å². The van der Waals surface area contributed by atoms with Crippen molar-refractivity contribution in [3.05, 3.63) is 35.5 Å². The largest absolute Gasteiger partial charge is 0.486 e. The van der Waals surface area contributed by atoms with Crippen LogP contribution in [0.3, 0.4) is 0 Å². The van der Waals surface area contributed by atoms with Crippen LogP contribution in [0.2, 0.25) is 0 Å². The standard InChI is InChI=1S/C16H16N4O2S/c1-20(15-12(8-17)9-18-16(19-15)23-2)10-11-3-4-13-14(7-11)22-6-5-21-13/h3-4,7,9H,5-6,10H2,1-2H3. The van der Waals surface area contributed by atoms with Crippen molar-refractivity contribution in [2.75, 3.05) is 31.4 Å². The summed E-state index contributed by atoms with van der Waals surface area (Å²) < 4.78 is 11.1. The Hall–Kier alpha value is -2.46. The van der Waals surface area contributed by atoms with Crippen LogP contribution in [0.15, 0.2) is 29.6 Å². The topological polar surface area (TPSA) is 71.3 Å². The fourth-order valence-corrected chi connectivity index (χ4v) is 2.70. The highest BCUT2D eigenvalue weighted by atomic mass is 32.2. The second-order valence-corrected chi connectivity index (χ2v) is 5.81. The maximum atomic E-state index is 9.26. The number of hydrogen-bond acceptors (Lipinski definition) is 7. The van der Waals surface area contributed by atoms with Crippen LogP contribution in [-0.2, 0) is 6.54 Å². The number of benzene rings is 1. The van der Waals surface area contributed by atoms with Crippen molar-refractivity contribution < 1.29 is 9.47 Å². The molecule has 0 atom stereocenters. The molecule has 0 spiro atoms. The summed E-state index contributed by atoms with van der Waals surface area (Å²) in [5, 5.41) is 9.90. The average molecular weight is 328 g/mol. The molecule has 1 aromatic carbocycles. The Bertz CT molecular complexity index is 760. The van der Waals surface area contributed by atoms with E-state index in [9.17, 15) is 5.26 Å². The average Bonchev–Trinajstić information content (AvgIpc) is 2.61. The summed E-state index contributed by atoms with van der Waals surface area (Å²) in [5.41, 5.74) is 1.52. The van der Waals surface area contributed by atoms with Gasteiger partial charge in [0.05, 0.1) is 6.20 Å². The molecule has 23 heavy (non-hydrogen) atoms. The normalized spacial score (nSPS) is 12.6. The fraction of sp³-hybridized carbons (Fsp3) is 0.312. The third-order valence-corrected chi connectivity index (χ3v) is 4.00. The zero-order chi connectivity index (χ0) is 16.2. The molecule has 0 fully saturated rings. The van der Waals surface area contributed by atoms with Crippen LogP contribution in [0.4, 0.5) is 5.82 Å². The number of ether oxygens (including phenoxy) is 2. The molecule has 0 saturated heterocycles. The van der Waals surface area contributed by atoms with E-state index in [1.807, 2.05) is 36.4 Å². The number of anilines is 1. The second-order valence-electron chi connectivity index (χ2n) is 5.04. The molecule has 0 aliphatic carbocycles. The van der Waals surface area contributed by atoms with Crippen molar-refractivity contribution >= 4 is 17.6 Å². The monoisotopic (exact) mass is 328 g/mol. The number of hydrogen-bond donors (Lipinski definition) is 0. The lowest BCUT2D eigenvalue weighted by atomic mass is 10.1. The molecular weight excluding hydrogens is 312 g/mol. The van der Waals surface area contributed by atoms with E-state index < -0.39 is 0 Å². The second kappa shape index (κ2) is 6.75. The van der Waals surface area contributed by atoms with Crippen LogP contribution >= 0.6 is 11.8 Å². The number of rotatable bonds is 4. The van der Waals surface area contributed by atoms with Gasteiger partial charge in [0.1, 0.15) is 24.8 Å². The third kappa shape index (κ3) is 3.32. The van der Waals surface area contributed by atoms with Crippen molar-refractivity contribution in [3.63, 3.8) is 0 Å². The lowest BCUT2D eigenvalue weighted by Crippen LogP contribution is -2.20.